The van der Waals surface area contributed by atoms with E-state index >= 15 is 0 Å². The monoisotopic (exact) mass is 427 g/mol. The van der Waals surface area contributed by atoms with E-state index in [4.69, 9.17) is 30.6 Å². The molecule has 15 heteroatoms. The van der Waals surface area contributed by atoms with E-state index in [2.05, 4.69) is 0 Å². The molecule has 0 radical (unpaired) electrons. The second kappa shape index (κ2) is 76.7. The molecule has 0 rings (SSSR count). The maximum atomic E-state index is 8.25. The fourth-order valence-corrected chi connectivity index (χ4v) is 0. The molecule has 0 aliphatic carbocycles. The van der Waals surface area contributed by atoms with Crippen molar-refractivity contribution in [3.8, 4) is 0 Å². The minimum atomic E-state index is -1.75. The first-order valence-electron chi connectivity index (χ1n) is 1.10. The van der Waals surface area contributed by atoms with Crippen LogP contribution in [0.15, 0.2) is 0 Å². The standard InChI is InChI=1S/2NO3.6H2O.Pt/c2*2-1(3)4;;;;;;;/h;;6*1H2;/q2*-1;;;;;;;+2. The summed E-state index contributed by atoms with van der Waals surface area (Å²) in [6.45, 7) is 0. The Labute approximate surface area is 95.5 Å². The van der Waals surface area contributed by atoms with Gasteiger partial charge in [0.1, 0.15) is 0 Å². The average molecular weight is 427 g/mol. The van der Waals surface area contributed by atoms with Crippen molar-refractivity contribution in [2.75, 3.05) is 0 Å². The van der Waals surface area contributed by atoms with Gasteiger partial charge in [0.2, 0.25) is 0 Å². The van der Waals surface area contributed by atoms with E-state index in [1.54, 1.807) is 0 Å². The van der Waals surface area contributed by atoms with Crippen molar-refractivity contribution in [3.05, 3.63) is 30.6 Å². The maximum absolute atomic E-state index is 8.25. The van der Waals surface area contributed by atoms with Crippen LogP contribution in [-0.2, 0) is 21.1 Å². The molecule has 0 aliphatic rings. The minimum absolute atomic E-state index is 0. The molecule has 0 amide bonds. The predicted molar refractivity (Wildman–Crippen MR) is 42.4 cm³/mol. The summed E-state index contributed by atoms with van der Waals surface area (Å²) >= 11 is 0. The summed E-state index contributed by atoms with van der Waals surface area (Å²) < 4.78 is 0. The van der Waals surface area contributed by atoms with Crippen LogP contribution in [0, 0.1) is 30.6 Å². The average Bonchev–Trinajstić information content (AvgIpc) is 1.25. The van der Waals surface area contributed by atoms with E-state index in [1.165, 1.54) is 0 Å². The number of rotatable bonds is 0. The number of nitrogens with zero attached hydrogens (tertiary/aromatic N) is 2. The van der Waals surface area contributed by atoms with E-state index in [0.29, 0.717) is 0 Å². The van der Waals surface area contributed by atoms with Crippen LogP contribution in [0.1, 0.15) is 0 Å². The zero-order chi connectivity index (χ0) is 7.15. The van der Waals surface area contributed by atoms with Crippen LogP contribution in [0.3, 0.4) is 0 Å². The molecule has 0 saturated heterocycles. The molecule has 15 heavy (non-hydrogen) atoms. The van der Waals surface area contributed by atoms with Gasteiger partial charge in [-0.05, 0) is 0 Å². The maximum Gasteiger partial charge on any atom is 2.00 e. The molecule has 0 bridgehead atoms. The van der Waals surface area contributed by atoms with Gasteiger partial charge in [0.05, 0.1) is 10.2 Å². The summed E-state index contributed by atoms with van der Waals surface area (Å²) in [5.74, 6) is 0. The normalized spacial score (nSPS) is 3.20. The molecule has 0 heterocycles. The van der Waals surface area contributed by atoms with Gasteiger partial charge in [0.25, 0.3) is 0 Å². The smallest absolute Gasteiger partial charge is 0.412 e. The molecule has 14 nitrogen and oxygen atoms in total. The molecule has 0 aliphatic heterocycles. The van der Waals surface area contributed by atoms with Crippen molar-refractivity contribution in [1.82, 2.24) is 0 Å². The number of hydrogen-bond acceptors (Lipinski definition) is 6. The van der Waals surface area contributed by atoms with E-state index in [-0.39, 0.29) is 53.9 Å². The molecular formula is H12N2O12Pt. The molecule has 0 aromatic rings. The zero-order valence-corrected chi connectivity index (χ0v) is 8.93. The largest absolute Gasteiger partial charge is 2.00 e. The van der Waals surface area contributed by atoms with E-state index < -0.39 is 10.2 Å². The van der Waals surface area contributed by atoms with E-state index in [9.17, 15) is 0 Å². The summed E-state index contributed by atoms with van der Waals surface area (Å²) in [6.07, 6.45) is 0. The van der Waals surface area contributed by atoms with Gasteiger partial charge in [-0.1, -0.05) is 0 Å². The predicted octanol–water partition coefficient (Wildman–Crippen LogP) is -5.43. The van der Waals surface area contributed by atoms with Gasteiger partial charge in [0, 0.05) is 0 Å². The summed E-state index contributed by atoms with van der Waals surface area (Å²) in [7, 11) is 0. The zero-order valence-electron chi connectivity index (χ0n) is 6.66. The third-order valence-corrected chi connectivity index (χ3v) is 0. The summed E-state index contributed by atoms with van der Waals surface area (Å²) in [5.41, 5.74) is 0. The molecule has 0 fully saturated rings. The minimum Gasteiger partial charge on any atom is -0.412 e. The fraction of sp³-hybridized carbons (Fsp3) is 0. The summed E-state index contributed by atoms with van der Waals surface area (Å²) in [4.78, 5) is 16.5. The van der Waals surface area contributed by atoms with Crippen molar-refractivity contribution < 1.29 is 64.1 Å². The SMILES string of the molecule is O.O.O.O.O.O.O=[N+]([O-])[O-].O=[N+]([O-])[O-].[Pt+2]. The van der Waals surface area contributed by atoms with E-state index in [1.807, 2.05) is 0 Å². The Hall–Kier alpha value is -1.15. The van der Waals surface area contributed by atoms with Crippen molar-refractivity contribution in [3.63, 3.8) is 0 Å². The topological polar surface area (TPSA) is 321 Å². The molecular weight excluding hydrogens is 415 g/mol. The first-order chi connectivity index (χ1) is 3.46. The van der Waals surface area contributed by atoms with Crippen LogP contribution in [-0.4, -0.2) is 43.0 Å². The van der Waals surface area contributed by atoms with Crippen LogP contribution in [0.2, 0.25) is 0 Å². The second-order valence-corrected chi connectivity index (χ2v) is 0.447. The van der Waals surface area contributed by atoms with Gasteiger partial charge in [-0.15, -0.1) is 0 Å². The molecule has 12 N–H and O–H groups in total. The molecule has 0 spiro atoms. The van der Waals surface area contributed by atoms with Crippen LogP contribution >= 0.6 is 0 Å². The van der Waals surface area contributed by atoms with Crippen LogP contribution < -0.4 is 0 Å². The van der Waals surface area contributed by atoms with Gasteiger partial charge < -0.3 is 63.5 Å². The third-order valence-electron chi connectivity index (χ3n) is 0. The Morgan fingerprint density at radius 1 is 0.533 bits per heavy atom. The fourth-order valence-electron chi connectivity index (χ4n) is 0. The molecule has 0 aromatic heterocycles. The molecule has 0 unspecified atom stereocenters. The van der Waals surface area contributed by atoms with Crippen molar-refractivity contribution in [2.24, 2.45) is 0 Å². The van der Waals surface area contributed by atoms with Crippen LogP contribution in [0.4, 0.5) is 0 Å². The number of hydrogen-bond donors (Lipinski definition) is 0. The molecule has 104 valence electrons. The van der Waals surface area contributed by atoms with Gasteiger partial charge in [-0.25, -0.2) is 0 Å². The van der Waals surface area contributed by atoms with Gasteiger partial charge in [-0.3, -0.25) is 0 Å². The first-order valence-corrected chi connectivity index (χ1v) is 1.10. The quantitative estimate of drug-likeness (QED) is 0.268. The van der Waals surface area contributed by atoms with Crippen LogP contribution in [0.25, 0.3) is 0 Å². The molecule has 0 atom stereocenters. The first kappa shape index (κ1) is 97.3. The summed E-state index contributed by atoms with van der Waals surface area (Å²) in [6, 6.07) is 0. The van der Waals surface area contributed by atoms with Crippen molar-refractivity contribution in [2.45, 2.75) is 0 Å². The molecule has 0 aromatic carbocycles. The Kier molecular flexibility index (Phi) is 498. The molecule has 0 saturated carbocycles. The van der Waals surface area contributed by atoms with E-state index in [0.717, 1.165) is 0 Å². The van der Waals surface area contributed by atoms with Gasteiger partial charge in [-0.2, -0.15) is 0 Å². The van der Waals surface area contributed by atoms with Crippen molar-refractivity contribution in [1.29, 1.82) is 0 Å². The Balaban J connectivity index is -0.00000000468. The Morgan fingerprint density at radius 3 is 0.533 bits per heavy atom. The van der Waals surface area contributed by atoms with Gasteiger partial charge >= 0.3 is 21.1 Å². The van der Waals surface area contributed by atoms with Gasteiger partial charge in [0.15, 0.2) is 0 Å². The Morgan fingerprint density at radius 2 is 0.533 bits per heavy atom. The Bertz CT molecular complexity index is 71.6. The second-order valence-electron chi connectivity index (χ2n) is 0.447. The summed E-state index contributed by atoms with van der Waals surface area (Å²) in [5, 5.41) is 29.5. The van der Waals surface area contributed by atoms with Crippen molar-refractivity contribution >= 4 is 0 Å². The van der Waals surface area contributed by atoms with Crippen LogP contribution in [0.5, 0.6) is 0 Å². The third kappa shape index (κ3) is 1140.